The van der Waals surface area contributed by atoms with Crippen LogP contribution in [0, 0.1) is 6.92 Å². The van der Waals surface area contributed by atoms with Gasteiger partial charge in [-0.3, -0.25) is 0 Å². The van der Waals surface area contributed by atoms with Crippen LogP contribution < -0.4 is 5.73 Å². The highest BCUT2D eigenvalue weighted by atomic mass is 35.5. The van der Waals surface area contributed by atoms with Crippen molar-refractivity contribution in [3.05, 3.63) is 40.5 Å². The van der Waals surface area contributed by atoms with Gasteiger partial charge in [-0.05, 0) is 55.0 Å². The lowest BCUT2D eigenvalue weighted by atomic mass is 9.92. The van der Waals surface area contributed by atoms with Crippen LogP contribution >= 0.6 is 11.6 Å². The van der Waals surface area contributed by atoms with E-state index in [0.29, 0.717) is 11.1 Å². The largest absolute Gasteiger partial charge is 0.399 e. The summed E-state index contributed by atoms with van der Waals surface area (Å²) in [6.45, 7) is 3.59. The topological polar surface area (TPSA) is 61.0 Å². The van der Waals surface area contributed by atoms with E-state index in [4.69, 9.17) is 22.1 Å². The van der Waals surface area contributed by atoms with Gasteiger partial charge in [0.1, 0.15) is 0 Å². The maximum atomic E-state index is 6.25. The molecule has 0 saturated carbocycles. The Kier molecular flexibility index (Phi) is 4.08. The number of hydrogen-bond acceptors (Lipinski definition) is 4. The molecule has 0 aliphatic carbocycles. The number of rotatable bonds is 2. The number of ether oxygens (including phenoxy) is 1. The van der Waals surface area contributed by atoms with E-state index in [1.54, 1.807) is 0 Å². The van der Waals surface area contributed by atoms with E-state index >= 15 is 0 Å². The molecule has 1 aliphatic heterocycles. The maximum absolute atomic E-state index is 6.25. The van der Waals surface area contributed by atoms with Crippen LogP contribution in [0.3, 0.4) is 0 Å². The normalized spacial score (nSPS) is 16.1. The van der Waals surface area contributed by atoms with Gasteiger partial charge < -0.3 is 10.5 Å². The number of hydrogen-bond donors (Lipinski definition) is 1. The minimum atomic E-state index is 0.391. The summed E-state index contributed by atoms with van der Waals surface area (Å²) in [5.41, 5.74) is 10.6. The lowest BCUT2D eigenvalue weighted by Gasteiger charge is -2.23. The van der Waals surface area contributed by atoms with E-state index in [0.717, 1.165) is 54.1 Å². The molecule has 5 heteroatoms. The zero-order valence-electron chi connectivity index (χ0n) is 12.0. The van der Waals surface area contributed by atoms with Crippen LogP contribution in [0.2, 0.25) is 5.15 Å². The number of nitrogens with zero attached hydrogens (tertiary/aromatic N) is 2. The molecule has 2 heterocycles. The Balaban J connectivity index is 2.02. The number of halogens is 1. The van der Waals surface area contributed by atoms with Crippen LogP contribution in [-0.4, -0.2) is 23.4 Å². The van der Waals surface area contributed by atoms with E-state index in [1.807, 2.05) is 31.2 Å². The molecule has 1 aromatic heterocycles. The third-order valence-corrected chi connectivity index (χ3v) is 4.27. The van der Waals surface area contributed by atoms with E-state index in [2.05, 4.69) is 10.2 Å². The standard InChI is InChI=1S/C16H18ClN3O/c1-10-2-3-12(18)8-13(10)15-9-14(16(17)20-19-15)11-4-6-21-7-5-11/h2-3,8-9,11H,4-7,18H2,1H3. The first kappa shape index (κ1) is 14.3. The Bertz CT molecular complexity index is 654. The molecular weight excluding hydrogens is 286 g/mol. The summed E-state index contributed by atoms with van der Waals surface area (Å²) in [6.07, 6.45) is 1.95. The van der Waals surface area contributed by atoms with E-state index in [-0.39, 0.29) is 0 Å². The molecule has 0 spiro atoms. The van der Waals surface area contributed by atoms with Crippen LogP contribution in [0.1, 0.15) is 29.9 Å². The zero-order valence-corrected chi connectivity index (χ0v) is 12.7. The number of anilines is 1. The second-order valence-corrected chi connectivity index (χ2v) is 5.79. The van der Waals surface area contributed by atoms with Gasteiger partial charge in [0.25, 0.3) is 0 Å². The molecule has 2 N–H and O–H groups in total. The number of nitrogens with two attached hydrogens (primary N) is 1. The fourth-order valence-corrected chi connectivity index (χ4v) is 2.98. The molecule has 0 radical (unpaired) electrons. The van der Waals surface area contributed by atoms with Crippen LogP contribution in [0.4, 0.5) is 5.69 Å². The SMILES string of the molecule is Cc1ccc(N)cc1-c1cc(C2CCOCC2)c(Cl)nn1. The number of aromatic nitrogens is 2. The van der Waals surface area contributed by atoms with Crippen molar-refractivity contribution in [2.45, 2.75) is 25.7 Å². The number of aryl methyl sites for hydroxylation is 1. The Morgan fingerprint density at radius 2 is 1.95 bits per heavy atom. The summed E-state index contributed by atoms with van der Waals surface area (Å²) < 4.78 is 5.42. The van der Waals surface area contributed by atoms with Crippen molar-refractivity contribution in [2.75, 3.05) is 18.9 Å². The number of benzene rings is 1. The molecule has 0 amide bonds. The van der Waals surface area contributed by atoms with Gasteiger partial charge in [0, 0.05) is 24.5 Å². The van der Waals surface area contributed by atoms with Gasteiger partial charge in [-0.2, -0.15) is 0 Å². The van der Waals surface area contributed by atoms with Crippen LogP contribution in [0.15, 0.2) is 24.3 Å². The highest BCUT2D eigenvalue weighted by Gasteiger charge is 2.20. The quantitative estimate of drug-likeness (QED) is 0.861. The van der Waals surface area contributed by atoms with Gasteiger partial charge in [-0.1, -0.05) is 17.7 Å². The second-order valence-electron chi connectivity index (χ2n) is 5.44. The molecule has 1 aliphatic rings. The average Bonchev–Trinajstić information content (AvgIpc) is 2.51. The van der Waals surface area contributed by atoms with Crippen molar-refractivity contribution < 1.29 is 4.74 Å². The van der Waals surface area contributed by atoms with Gasteiger partial charge in [0.05, 0.1) is 5.69 Å². The lowest BCUT2D eigenvalue weighted by molar-refractivity contribution is 0.0853. The summed E-state index contributed by atoms with van der Waals surface area (Å²) in [6, 6.07) is 7.87. The third kappa shape index (κ3) is 3.01. The van der Waals surface area contributed by atoms with E-state index in [9.17, 15) is 0 Å². The van der Waals surface area contributed by atoms with Gasteiger partial charge in [-0.25, -0.2) is 0 Å². The van der Waals surface area contributed by atoms with Crippen molar-refractivity contribution >= 4 is 17.3 Å². The molecule has 1 saturated heterocycles. The van der Waals surface area contributed by atoms with E-state index < -0.39 is 0 Å². The monoisotopic (exact) mass is 303 g/mol. The van der Waals surface area contributed by atoms with Crippen LogP contribution in [0.5, 0.6) is 0 Å². The summed E-state index contributed by atoms with van der Waals surface area (Å²) in [5, 5.41) is 8.87. The highest BCUT2D eigenvalue weighted by molar-refractivity contribution is 6.30. The average molecular weight is 304 g/mol. The van der Waals surface area contributed by atoms with Gasteiger partial charge in [0.2, 0.25) is 0 Å². The fourth-order valence-electron chi connectivity index (χ4n) is 2.73. The van der Waals surface area contributed by atoms with Crippen molar-refractivity contribution in [3.63, 3.8) is 0 Å². The predicted molar refractivity (Wildman–Crippen MR) is 84.4 cm³/mol. The Labute approximate surface area is 129 Å². The molecule has 2 aromatic rings. The lowest BCUT2D eigenvalue weighted by Crippen LogP contribution is -2.15. The van der Waals surface area contributed by atoms with Crippen LogP contribution in [-0.2, 0) is 4.74 Å². The molecule has 3 rings (SSSR count). The van der Waals surface area contributed by atoms with Crippen molar-refractivity contribution in [1.82, 2.24) is 10.2 Å². The highest BCUT2D eigenvalue weighted by Crippen LogP contribution is 2.33. The first-order valence-electron chi connectivity index (χ1n) is 7.12. The van der Waals surface area contributed by atoms with Gasteiger partial charge in [0.15, 0.2) is 5.15 Å². The van der Waals surface area contributed by atoms with Crippen LogP contribution in [0.25, 0.3) is 11.3 Å². The molecule has 0 unspecified atom stereocenters. The van der Waals surface area contributed by atoms with Crippen molar-refractivity contribution in [2.24, 2.45) is 0 Å². The molecule has 110 valence electrons. The predicted octanol–water partition coefficient (Wildman–Crippen LogP) is 3.58. The van der Waals surface area contributed by atoms with E-state index in [1.165, 1.54) is 0 Å². The summed E-state index contributed by atoms with van der Waals surface area (Å²) >= 11 is 6.25. The maximum Gasteiger partial charge on any atom is 0.155 e. The van der Waals surface area contributed by atoms with Crippen molar-refractivity contribution in [3.8, 4) is 11.3 Å². The first-order chi connectivity index (χ1) is 10.1. The molecule has 1 fully saturated rings. The second kappa shape index (κ2) is 6.00. The Hall–Kier alpha value is -1.65. The summed E-state index contributed by atoms with van der Waals surface area (Å²) in [5.74, 6) is 0.391. The number of nitrogen functional groups attached to an aromatic ring is 1. The van der Waals surface area contributed by atoms with Gasteiger partial charge in [-0.15, -0.1) is 10.2 Å². The summed E-state index contributed by atoms with van der Waals surface area (Å²) in [4.78, 5) is 0. The Morgan fingerprint density at radius 1 is 1.19 bits per heavy atom. The zero-order chi connectivity index (χ0) is 14.8. The smallest absolute Gasteiger partial charge is 0.155 e. The Morgan fingerprint density at radius 3 is 2.71 bits per heavy atom. The molecule has 0 bridgehead atoms. The third-order valence-electron chi connectivity index (χ3n) is 3.97. The minimum Gasteiger partial charge on any atom is -0.399 e. The van der Waals surface area contributed by atoms with Gasteiger partial charge >= 0.3 is 0 Å². The molecule has 1 aromatic carbocycles. The molecule has 21 heavy (non-hydrogen) atoms. The molecule has 4 nitrogen and oxygen atoms in total. The fraction of sp³-hybridized carbons (Fsp3) is 0.375. The summed E-state index contributed by atoms with van der Waals surface area (Å²) in [7, 11) is 0. The molecule has 0 atom stereocenters. The molecular formula is C16H18ClN3O. The van der Waals surface area contributed by atoms with Crippen molar-refractivity contribution in [1.29, 1.82) is 0 Å². The first-order valence-corrected chi connectivity index (χ1v) is 7.50. The minimum absolute atomic E-state index is 0.391.